The highest BCUT2D eigenvalue weighted by atomic mass is 79.9. The summed E-state index contributed by atoms with van der Waals surface area (Å²) in [5.41, 5.74) is 1.99. The molecule has 5 nitrogen and oxygen atoms in total. The van der Waals surface area contributed by atoms with E-state index in [1.54, 1.807) is 10.9 Å². The molecule has 1 N–H and O–H groups in total. The van der Waals surface area contributed by atoms with Gasteiger partial charge >= 0.3 is 0 Å². The van der Waals surface area contributed by atoms with Crippen molar-refractivity contribution in [2.45, 2.75) is 13.5 Å². The summed E-state index contributed by atoms with van der Waals surface area (Å²) >= 11 is 8.69. The Labute approximate surface area is 175 Å². The minimum atomic E-state index is 0.450. The first-order chi connectivity index (χ1) is 13.6. The SMILES string of the molecule is Cc1n[nH]c(=S)n1/N=C\c1c(OCc2ccc(Br)cc2)ccc2ccccc12. The maximum Gasteiger partial charge on any atom is 0.216 e. The third kappa shape index (κ3) is 3.90. The van der Waals surface area contributed by atoms with Crippen molar-refractivity contribution in [1.29, 1.82) is 0 Å². The lowest BCUT2D eigenvalue weighted by Gasteiger charge is -2.12. The van der Waals surface area contributed by atoms with Crippen molar-refractivity contribution in [2.24, 2.45) is 5.10 Å². The van der Waals surface area contributed by atoms with Crippen molar-refractivity contribution in [3.05, 3.63) is 86.9 Å². The molecule has 1 aromatic heterocycles. The molecule has 0 bridgehead atoms. The van der Waals surface area contributed by atoms with Crippen molar-refractivity contribution in [2.75, 3.05) is 0 Å². The Bertz CT molecular complexity index is 1210. The van der Waals surface area contributed by atoms with Crippen molar-refractivity contribution < 1.29 is 4.74 Å². The zero-order valence-electron chi connectivity index (χ0n) is 15.1. The Balaban J connectivity index is 1.72. The molecule has 0 saturated heterocycles. The molecule has 3 aromatic carbocycles. The number of rotatable bonds is 5. The molecule has 4 aromatic rings. The predicted octanol–water partition coefficient (Wildman–Crippen LogP) is 5.63. The van der Waals surface area contributed by atoms with Crippen molar-refractivity contribution in [1.82, 2.24) is 14.9 Å². The highest BCUT2D eigenvalue weighted by Crippen LogP contribution is 2.27. The first-order valence-corrected chi connectivity index (χ1v) is 9.89. The highest BCUT2D eigenvalue weighted by molar-refractivity contribution is 9.10. The van der Waals surface area contributed by atoms with Crippen LogP contribution in [0.5, 0.6) is 5.75 Å². The molecular formula is C21H17BrN4OS. The van der Waals surface area contributed by atoms with Gasteiger partial charge in [-0.3, -0.25) is 5.10 Å². The Morgan fingerprint density at radius 1 is 1.14 bits per heavy atom. The molecule has 28 heavy (non-hydrogen) atoms. The topological polar surface area (TPSA) is 55.2 Å². The molecule has 140 valence electrons. The van der Waals surface area contributed by atoms with Crippen LogP contribution in [-0.2, 0) is 6.61 Å². The predicted molar refractivity (Wildman–Crippen MR) is 118 cm³/mol. The molecule has 0 radical (unpaired) electrons. The zero-order chi connectivity index (χ0) is 19.5. The van der Waals surface area contributed by atoms with Crippen molar-refractivity contribution in [3.8, 4) is 5.75 Å². The fraction of sp³-hybridized carbons (Fsp3) is 0.0952. The van der Waals surface area contributed by atoms with Gasteiger partial charge in [0, 0.05) is 10.0 Å². The molecule has 0 atom stereocenters. The van der Waals surface area contributed by atoms with Crippen molar-refractivity contribution in [3.63, 3.8) is 0 Å². The lowest BCUT2D eigenvalue weighted by Crippen LogP contribution is -2.00. The molecule has 0 spiro atoms. The summed E-state index contributed by atoms with van der Waals surface area (Å²) in [6.45, 7) is 2.31. The van der Waals surface area contributed by atoms with E-state index >= 15 is 0 Å². The molecular weight excluding hydrogens is 436 g/mol. The third-order valence-electron chi connectivity index (χ3n) is 4.35. The summed E-state index contributed by atoms with van der Waals surface area (Å²) in [6.07, 6.45) is 1.78. The summed E-state index contributed by atoms with van der Waals surface area (Å²) in [4.78, 5) is 0. The van der Waals surface area contributed by atoms with Crippen LogP contribution in [0.25, 0.3) is 10.8 Å². The van der Waals surface area contributed by atoms with Gasteiger partial charge in [-0.2, -0.15) is 14.9 Å². The fourth-order valence-corrected chi connectivity index (χ4v) is 3.39. The first-order valence-electron chi connectivity index (χ1n) is 8.69. The Hall–Kier alpha value is -2.77. The fourth-order valence-electron chi connectivity index (χ4n) is 2.90. The van der Waals surface area contributed by atoms with E-state index < -0.39 is 0 Å². The van der Waals surface area contributed by atoms with Gasteiger partial charge in [0.15, 0.2) is 0 Å². The summed E-state index contributed by atoms with van der Waals surface area (Å²) < 4.78 is 9.22. The number of aromatic nitrogens is 3. The molecule has 0 amide bonds. The van der Waals surface area contributed by atoms with E-state index in [-0.39, 0.29) is 0 Å². The summed E-state index contributed by atoms with van der Waals surface area (Å²) in [6, 6.07) is 20.3. The van der Waals surface area contributed by atoms with Crippen LogP contribution >= 0.6 is 28.1 Å². The van der Waals surface area contributed by atoms with Crippen molar-refractivity contribution >= 4 is 45.1 Å². The van der Waals surface area contributed by atoms with E-state index in [4.69, 9.17) is 17.0 Å². The maximum absolute atomic E-state index is 6.14. The van der Waals surface area contributed by atoms with E-state index in [1.807, 2.05) is 49.4 Å². The summed E-state index contributed by atoms with van der Waals surface area (Å²) in [7, 11) is 0. The van der Waals surface area contributed by atoms with Crippen LogP contribution in [0.15, 0.2) is 70.2 Å². The largest absolute Gasteiger partial charge is 0.488 e. The molecule has 0 aliphatic carbocycles. The number of H-pyrrole nitrogens is 1. The van der Waals surface area contributed by atoms with Gasteiger partial charge in [-0.05, 0) is 53.7 Å². The zero-order valence-corrected chi connectivity index (χ0v) is 17.5. The molecule has 0 saturated carbocycles. The molecule has 0 unspecified atom stereocenters. The molecule has 4 rings (SSSR count). The number of nitrogens with one attached hydrogen (secondary N) is 1. The van der Waals surface area contributed by atoms with Gasteiger partial charge in [0.05, 0.1) is 6.21 Å². The maximum atomic E-state index is 6.14. The van der Waals surface area contributed by atoms with Crippen LogP contribution in [0, 0.1) is 11.7 Å². The number of hydrogen-bond acceptors (Lipinski definition) is 4. The molecule has 0 aliphatic heterocycles. The number of fused-ring (bicyclic) bond motifs is 1. The second-order valence-corrected chi connectivity index (χ2v) is 7.55. The Morgan fingerprint density at radius 3 is 2.68 bits per heavy atom. The number of aryl methyl sites for hydroxylation is 1. The Kier molecular flexibility index (Phi) is 5.36. The van der Waals surface area contributed by atoms with Crippen LogP contribution in [0.3, 0.4) is 0 Å². The highest BCUT2D eigenvalue weighted by Gasteiger charge is 2.08. The molecule has 7 heteroatoms. The van der Waals surface area contributed by atoms with Gasteiger partial charge in [-0.25, -0.2) is 0 Å². The number of nitrogens with zero attached hydrogens (tertiary/aromatic N) is 3. The number of aromatic amines is 1. The van der Waals surface area contributed by atoms with Gasteiger partial charge in [0.1, 0.15) is 18.2 Å². The van der Waals surface area contributed by atoms with Gasteiger partial charge < -0.3 is 4.74 Å². The normalized spacial score (nSPS) is 11.4. The third-order valence-corrected chi connectivity index (χ3v) is 5.15. The first kappa shape index (κ1) is 18.6. The second kappa shape index (κ2) is 8.08. The quantitative estimate of drug-likeness (QED) is 0.315. The average molecular weight is 453 g/mol. The van der Waals surface area contributed by atoms with Crippen LogP contribution < -0.4 is 4.74 Å². The van der Waals surface area contributed by atoms with Gasteiger partial charge in [-0.1, -0.05) is 58.4 Å². The number of benzene rings is 3. The number of halogens is 1. The standard InChI is InChI=1S/C21H17BrN4OS/c1-14-24-25-21(28)26(14)23-12-19-18-5-3-2-4-16(18)8-11-20(19)27-13-15-6-9-17(22)10-7-15/h2-12H,13H2,1H3,(H,25,28)/b23-12-. The average Bonchev–Trinajstić information content (AvgIpc) is 3.03. The Morgan fingerprint density at radius 2 is 1.93 bits per heavy atom. The summed E-state index contributed by atoms with van der Waals surface area (Å²) in [5, 5.41) is 13.5. The van der Waals surface area contributed by atoms with Gasteiger partial charge in [0.25, 0.3) is 0 Å². The smallest absolute Gasteiger partial charge is 0.216 e. The lowest BCUT2D eigenvalue weighted by molar-refractivity contribution is 0.306. The lowest BCUT2D eigenvalue weighted by atomic mass is 10.0. The number of hydrogen-bond donors (Lipinski definition) is 1. The molecule has 1 heterocycles. The van der Waals surface area contributed by atoms with E-state index in [9.17, 15) is 0 Å². The van der Waals surface area contributed by atoms with Crippen LogP contribution in [0.1, 0.15) is 17.0 Å². The van der Waals surface area contributed by atoms with Crippen LogP contribution in [0.2, 0.25) is 0 Å². The number of ether oxygens (including phenoxy) is 1. The second-order valence-electron chi connectivity index (χ2n) is 6.25. The van der Waals surface area contributed by atoms with E-state index in [1.165, 1.54) is 0 Å². The van der Waals surface area contributed by atoms with Gasteiger partial charge in [-0.15, -0.1) is 0 Å². The minimum Gasteiger partial charge on any atom is -0.488 e. The van der Waals surface area contributed by atoms with E-state index in [0.717, 1.165) is 32.1 Å². The van der Waals surface area contributed by atoms with Gasteiger partial charge in [0.2, 0.25) is 4.77 Å². The minimum absolute atomic E-state index is 0.450. The summed E-state index contributed by atoms with van der Waals surface area (Å²) in [5.74, 6) is 1.46. The van der Waals surface area contributed by atoms with Crippen LogP contribution in [0.4, 0.5) is 0 Å². The van der Waals surface area contributed by atoms with E-state index in [0.29, 0.717) is 17.2 Å². The van der Waals surface area contributed by atoms with E-state index in [2.05, 4.69) is 49.4 Å². The van der Waals surface area contributed by atoms with Crippen LogP contribution in [-0.4, -0.2) is 21.1 Å². The monoisotopic (exact) mass is 452 g/mol. The molecule has 0 aliphatic rings. The molecule has 0 fully saturated rings.